The number of hydrogen-bond acceptors (Lipinski definition) is 3. The summed E-state index contributed by atoms with van der Waals surface area (Å²) in [6, 6.07) is 5.13. The molecule has 0 saturated carbocycles. The Balaban J connectivity index is 2.08. The maximum absolute atomic E-state index is 12.6. The molecule has 1 heterocycles. The van der Waals surface area contributed by atoms with Gasteiger partial charge in [0.1, 0.15) is 12.4 Å². The number of aromatic nitrogens is 3. The van der Waals surface area contributed by atoms with Crippen LogP contribution >= 0.6 is 12.2 Å². The first-order chi connectivity index (χ1) is 12.6. The highest BCUT2D eigenvalue weighted by atomic mass is 32.1. The summed E-state index contributed by atoms with van der Waals surface area (Å²) in [6.45, 7) is 3.55. The molecule has 1 aromatic heterocycles. The minimum absolute atomic E-state index is 0.194. The standard InChI is InChI=1S/C17H22F3N5OS/c1-3-24-15(9-8-14(21)26)22-25(16(24)27)11-23(2)10-12-4-6-13(7-5-12)17(18,19)20/h4-7H,3,8-11H2,1-2H3,(H2,21,26)/p+1. The number of benzene rings is 1. The van der Waals surface area contributed by atoms with Crippen molar-refractivity contribution < 1.29 is 22.9 Å². The first-order valence-corrected chi connectivity index (χ1v) is 8.95. The fourth-order valence-electron chi connectivity index (χ4n) is 2.80. The third-order valence-corrected chi connectivity index (χ3v) is 4.55. The lowest BCUT2D eigenvalue weighted by atomic mass is 10.1. The fraction of sp³-hybridized carbons (Fsp3) is 0.471. The Bertz CT molecular complexity index is 842. The molecule has 1 atom stereocenters. The van der Waals surface area contributed by atoms with Crippen molar-refractivity contribution >= 4 is 18.1 Å². The Morgan fingerprint density at radius 1 is 1.30 bits per heavy atom. The molecule has 1 amide bonds. The van der Waals surface area contributed by atoms with Crippen LogP contribution in [0.1, 0.15) is 30.3 Å². The van der Waals surface area contributed by atoms with Gasteiger partial charge in [-0.3, -0.25) is 4.79 Å². The van der Waals surface area contributed by atoms with Gasteiger partial charge in [0.25, 0.3) is 0 Å². The second-order valence-electron chi connectivity index (χ2n) is 6.40. The van der Waals surface area contributed by atoms with Gasteiger partial charge < -0.3 is 15.2 Å². The molecule has 0 spiro atoms. The summed E-state index contributed by atoms with van der Waals surface area (Å²) >= 11 is 5.44. The van der Waals surface area contributed by atoms with Gasteiger partial charge in [-0.05, 0) is 31.3 Å². The number of amides is 1. The van der Waals surface area contributed by atoms with Crippen molar-refractivity contribution in [1.82, 2.24) is 14.3 Å². The second-order valence-corrected chi connectivity index (χ2v) is 6.76. The largest absolute Gasteiger partial charge is 0.416 e. The van der Waals surface area contributed by atoms with Crippen LogP contribution < -0.4 is 10.6 Å². The molecule has 2 rings (SSSR count). The van der Waals surface area contributed by atoms with Crippen LogP contribution in [0.25, 0.3) is 0 Å². The summed E-state index contributed by atoms with van der Waals surface area (Å²) in [5, 5.41) is 4.48. The molecule has 27 heavy (non-hydrogen) atoms. The van der Waals surface area contributed by atoms with E-state index < -0.39 is 17.6 Å². The number of alkyl halides is 3. The Morgan fingerprint density at radius 3 is 2.44 bits per heavy atom. The van der Waals surface area contributed by atoms with Gasteiger partial charge >= 0.3 is 6.18 Å². The third kappa shape index (κ3) is 5.64. The summed E-state index contributed by atoms with van der Waals surface area (Å²) in [5.74, 6) is 0.298. The zero-order valence-corrected chi connectivity index (χ0v) is 16.0. The fourth-order valence-corrected chi connectivity index (χ4v) is 3.14. The van der Waals surface area contributed by atoms with E-state index in [-0.39, 0.29) is 6.42 Å². The van der Waals surface area contributed by atoms with E-state index in [0.717, 1.165) is 22.6 Å². The van der Waals surface area contributed by atoms with Gasteiger partial charge in [-0.15, -0.1) is 0 Å². The molecule has 0 aliphatic rings. The molecule has 2 aromatic rings. The van der Waals surface area contributed by atoms with E-state index >= 15 is 0 Å². The predicted molar refractivity (Wildman–Crippen MR) is 96.3 cm³/mol. The van der Waals surface area contributed by atoms with Gasteiger partial charge in [0.2, 0.25) is 10.7 Å². The van der Waals surface area contributed by atoms with Gasteiger partial charge in [-0.1, -0.05) is 12.1 Å². The maximum Gasteiger partial charge on any atom is 0.416 e. The average molecular weight is 402 g/mol. The number of aryl methyl sites for hydroxylation is 1. The van der Waals surface area contributed by atoms with Gasteiger partial charge in [0.05, 0.1) is 12.6 Å². The van der Waals surface area contributed by atoms with Crippen molar-refractivity contribution in [3.63, 3.8) is 0 Å². The summed E-state index contributed by atoms with van der Waals surface area (Å²) in [6.07, 6.45) is -3.73. The Morgan fingerprint density at radius 2 is 1.93 bits per heavy atom. The van der Waals surface area contributed by atoms with Crippen LogP contribution in [0.2, 0.25) is 0 Å². The number of primary amides is 1. The van der Waals surface area contributed by atoms with Gasteiger partial charge in [0, 0.05) is 24.9 Å². The van der Waals surface area contributed by atoms with Crippen molar-refractivity contribution in [2.24, 2.45) is 5.73 Å². The minimum atomic E-state index is -4.33. The van der Waals surface area contributed by atoms with Crippen molar-refractivity contribution in [1.29, 1.82) is 0 Å². The van der Waals surface area contributed by atoms with Crippen LogP contribution in [0.3, 0.4) is 0 Å². The lowest BCUT2D eigenvalue weighted by molar-refractivity contribution is -0.917. The van der Waals surface area contributed by atoms with E-state index in [1.54, 1.807) is 4.68 Å². The van der Waals surface area contributed by atoms with Crippen LogP contribution in [0.5, 0.6) is 0 Å². The third-order valence-electron chi connectivity index (χ3n) is 4.12. The second kappa shape index (κ2) is 8.66. The van der Waals surface area contributed by atoms with E-state index in [1.807, 2.05) is 18.5 Å². The molecule has 0 radical (unpaired) electrons. The van der Waals surface area contributed by atoms with Gasteiger partial charge in [-0.25, -0.2) is 0 Å². The number of carbonyl (C=O) groups is 1. The Hall–Kier alpha value is -2.20. The number of quaternary nitrogens is 1. The topological polar surface area (TPSA) is 70.3 Å². The van der Waals surface area contributed by atoms with Crippen LogP contribution in [0.15, 0.2) is 24.3 Å². The highest BCUT2D eigenvalue weighted by molar-refractivity contribution is 7.71. The average Bonchev–Trinajstić information content (AvgIpc) is 2.87. The number of nitrogens with zero attached hydrogens (tertiary/aromatic N) is 3. The zero-order valence-electron chi connectivity index (χ0n) is 15.2. The molecular formula is C17H23F3N5OS+. The molecular weight excluding hydrogens is 379 g/mol. The first kappa shape index (κ1) is 21.1. The van der Waals surface area contributed by atoms with Crippen molar-refractivity contribution in [3.8, 4) is 0 Å². The number of nitrogens with one attached hydrogen (secondary N) is 1. The molecule has 0 fully saturated rings. The van der Waals surface area contributed by atoms with Crippen LogP contribution in [0.4, 0.5) is 13.2 Å². The molecule has 1 unspecified atom stereocenters. The van der Waals surface area contributed by atoms with Crippen molar-refractivity contribution in [2.45, 2.75) is 45.7 Å². The Labute approximate surface area is 160 Å². The smallest absolute Gasteiger partial charge is 0.370 e. The molecule has 10 heteroatoms. The number of nitrogens with two attached hydrogens (primary N) is 1. The van der Waals surface area contributed by atoms with E-state index in [2.05, 4.69) is 5.10 Å². The maximum atomic E-state index is 12.6. The van der Waals surface area contributed by atoms with Gasteiger partial charge in [-0.2, -0.15) is 23.0 Å². The molecule has 0 saturated heterocycles. The summed E-state index contributed by atoms with van der Waals surface area (Å²) < 4.78 is 42.0. The van der Waals surface area contributed by atoms with E-state index in [4.69, 9.17) is 18.0 Å². The van der Waals surface area contributed by atoms with E-state index in [1.165, 1.54) is 12.1 Å². The molecule has 1 aromatic carbocycles. The molecule has 3 N–H and O–H groups in total. The van der Waals surface area contributed by atoms with Gasteiger partial charge in [0.15, 0.2) is 6.67 Å². The lowest BCUT2D eigenvalue weighted by Gasteiger charge is -2.14. The molecule has 0 aliphatic heterocycles. The SMILES string of the molecule is CCn1c(CCC(N)=O)nn(C[NH+](C)Cc2ccc(C(F)(F)F)cc2)c1=S. The normalized spacial score (nSPS) is 12.9. The summed E-state index contributed by atoms with van der Waals surface area (Å²) in [5.41, 5.74) is 5.33. The van der Waals surface area contributed by atoms with Crippen LogP contribution in [-0.4, -0.2) is 27.3 Å². The predicted octanol–water partition coefficient (Wildman–Crippen LogP) is 1.54. The quantitative estimate of drug-likeness (QED) is 0.658. The monoisotopic (exact) mass is 402 g/mol. The van der Waals surface area contributed by atoms with Crippen LogP contribution in [0, 0.1) is 4.77 Å². The number of carbonyl (C=O) groups excluding carboxylic acids is 1. The van der Waals surface area contributed by atoms with E-state index in [0.29, 0.717) is 36.8 Å². The highest BCUT2D eigenvalue weighted by Crippen LogP contribution is 2.28. The summed E-state index contributed by atoms with van der Waals surface area (Å²) in [4.78, 5) is 12.0. The molecule has 0 bridgehead atoms. The van der Waals surface area contributed by atoms with Crippen molar-refractivity contribution in [2.75, 3.05) is 7.05 Å². The van der Waals surface area contributed by atoms with Crippen molar-refractivity contribution in [3.05, 3.63) is 46.0 Å². The molecule has 148 valence electrons. The summed E-state index contributed by atoms with van der Waals surface area (Å²) in [7, 11) is 1.91. The highest BCUT2D eigenvalue weighted by Gasteiger charge is 2.30. The van der Waals surface area contributed by atoms with E-state index in [9.17, 15) is 18.0 Å². The van der Waals surface area contributed by atoms with Crippen LogP contribution in [-0.2, 0) is 37.1 Å². The lowest BCUT2D eigenvalue weighted by Crippen LogP contribution is -3.07. The number of hydrogen-bond donors (Lipinski definition) is 2. The number of rotatable bonds is 8. The molecule has 0 aliphatic carbocycles. The number of halogens is 3. The Kier molecular flexibility index (Phi) is 6.77. The minimum Gasteiger partial charge on any atom is -0.370 e. The molecule has 6 nitrogen and oxygen atoms in total. The zero-order chi connectivity index (χ0) is 20.2. The first-order valence-electron chi connectivity index (χ1n) is 8.54.